The predicted octanol–water partition coefficient (Wildman–Crippen LogP) is 4.66. The van der Waals surface area contributed by atoms with Crippen molar-refractivity contribution < 1.29 is 4.79 Å². The number of aryl methyl sites for hydroxylation is 1. The maximum atomic E-state index is 13.0. The van der Waals surface area contributed by atoms with E-state index in [2.05, 4.69) is 44.0 Å². The number of hydrogen-bond donors (Lipinski definition) is 0. The minimum atomic E-state index is 0.0976. The SMILES string of the molecule is Cc1ccc(C2CCCN2C(=O)c2ccc(C(C)(C)C)cc2)nc1. The fourth-order valence-electron chi connectivity index (χ4n) is 3.27. The summed E-state index contributed by atoms with van der Waals surface area (Å²) in [4.78, 5) is 19.5. The molecule has 1 aromatic carbocycles. The lowest BCUT2D eigenvalue weighted by Gasteiger charge is -2.25. The molecule has 1 aromatic heterocycles. The van der Waals surface area contributed by atoms with Gasteiger partial charge in [-0.05, 0) is 54.5 Å². The first kappa shape index (κ1) is 16.7. The predicted molar refractivity (Wildman–Crippen MR) is 97.1 cm³/mol. The molecular weight excluding hydrogens is 296 g/mol. The average Bonchev–Trinajstić information content (AvgIpc) is 3.04. The van der Waals surface area contributed by atoms with Crippen LogP contribution < -0.4 is 0 Å². The summed E-state index contributed by atoms with van der Waals surface area (Å²) in [6.07, 6.45) is 3.91. The molecule has 24 heavy (non-hydrogen) atoms. The van der Waals surface area contributed by atoms with Crippen molar-refractivity contribution in [1.29, 1.82) is 0 Å². The van der Waals surface area contributed by atoms with Crippen molar-refractivity contribution in [3.8, 4) is 0 Å². The second kappa shape index (κ2) is 6.39. The second-order valence-corrected chi connectivity index (χ2v) is 7.74. The van der Waals surface area contributed by atoms with Crippen LogP contribution in [0.5, 0.6) is 0 Å². The molecule has 2 aromatic rings. The topological polar surface area (TPSA) is 33.2 Å². The molecule has 1 aliphatic heterocycles. The van der Waals surface area contributed by atoms with Crippen LogP contribution in [0.2, 0.25) is 0 Å². The van der Waals surface area contributed by atoms with Crippen molar-refractivity contribution in [3.05, 3.63) is 65.0 Å². The number of nitrogens with zero attached hydrogens (tertiary/aromatic N) is 2. The van der Waals surface area contributed by atoms with E-state index in [0.717, 1.165) is 36.2 Å². The van der Waals surface area contributed by atoms with E-state index in [0.29, 0.717) is 0 Å². The van der Waals surface area contributed by atoms with Gasteiger partial charge in [0.2, 0.25) is 0 Å². The fraction of sp³-hybridized carbons (Fsp3) is 0.429. The van der Waals surface area contributed by atoms with Crippen LogP contribution in [0, 0.1) is 6.92 Å². The molecule has 3 rings (SSSR count). The van der Waals surface area contributed by atoms with Crippen molar-refractivity contribution >= 4 is 5.91 Å². The molecular formula is C21H26N2O. The Balaban J connectivity index is 1.82. The molecule has 1 aliphatic rings. The van der Waals surface area contributed by atoms with Crippen molar-refractivity contribution in [3.63, 3.8) is 0 Å². The summed E-state index contributed by atoms with van der Waals surface area (Å²) >= 11 is 0. The van der Waals surface area contributed by atoms with Gasteiger partial charge in [0.15, 0.2) is 0 Å². The van der Waals surface area contributed by atoms with Crippen LogP contribution in [-0.4, -0.2) is 22.3 Å². The highest BCUT2D eigenvalue weighted by molar-refractivity contribution is 5.94. The molecule has 0 spiro atoms. The summed E-state index contributed by atoms with van der Waals surface area (Å²) in [7, 11) is 0. The minimum absolute atomic E-state index is 0.0976. The molecule has 0 aliphatic carbocycles. The zero-order valence-electron chi connectivity index (χ0n) is 15.0. The molecule has 3 heteroatoms. The molecule has 0 saturated carbocycles. The van der Waals surface area contributed by atoms with E-state index in [1.807, 2.05) is 36.2 Å². The van der Waals surface area contributed by atoms with Crippen LogP contribution in [0.1, 0.15) is 66.8 Å². The zero-order chi connectivity index (χ0) is 17.3. The Labute approximate surface area is 144 Å². The van der Waals surface area contributed by atoms with Gasteiger partial charge in [0, 0.05) is 18.3 Å². The maximum absolute atomic E-state index is 13.0. The lowest BCUT2D eigenvalue weighted by atomic mass is 9.86. The van der Waals surface area contributed by atoms with Crippen LogP contribution >= 0.6 is 0 Å². The first-order valence-electron chi connectivity index (χ1n) is 8.70. The number of carbonyl (C=O) groups is 1. The molecule has 1 unspecified atom stereocenters. The van der Waals surface area contributed by atoms with Crippen LogP contribution in [0.25, 0.3) is 0 Å². The molecule has 3 nitrogen and oxygen atoms in total. The summed E-state index contributed by atoms with van der Waals surface area (Å²) in [6, 6.07) is 12.3. The Morgan fingerprint density at radius 3 is 2.42 bits per heavy atom. The van der Waals surface area contributed by atoms with Gasteiger partial charge in [-0.25, -0.2) is 0 Å². The van der Waals surface area contributed by atoms with Crippen molar-refractivity contribution in [2.45, 2.75) is 52.0 Å². The van der Waals surface area contributed by atoms with E-state index in [9.17, 15) is 4.79 Å². The Morgan fingerprint density at radius 2 is 1.83 bits per heavy atom. The normalized spacial score (nSPS) is 18.0. The Morgan fingerprint density at radius 1 is 1.12 bits per heavy atom. The first-order chi connectivity index (χ1) is 11.4. The highest BCUT2D eigenvalue weighted by Gasteiger charge is 2.31. The number of amides is 1. The van der Waals surface area contributed by atoms with Gasteiger partial charge in [0.1, 0.15) is 0 Å². The highest BCUT2D eigenvalue weighted by Crippen LogP contribution is 2.32. The largest absolute Gasteiger partial charge is 0.330 e. The lowest BCUT2D eigenvalue weighted by Crippen LogP contribution is -2.31. The summed E-state index contributed by atoms with van der Waals surface area (Å²) in [5.41, 5.74) is 4.26. The van der Waals surface area contributed by atoms with E-state index >= 15 is 0 Å². The average molecular weight is 322 g/mol. The Kier molecular flexibility index (Phi) is 4.44. The molecule has 0 N–H and O–H groups in total. The van der Waals surface area contributed by atoms with Crippen molar-refractivity contribution in [2.75, 3.05) is 6.54 Å². The first-order valence-corrected chi connectivity index (χ1v) is 8.70. The van der Waals surface area contributed by atoms with E-state index in [1.54, 1.807) is 0 Å². The highest BCUT2D eigenvalue weighted by atomic mass is 16.2. The Bertz CT molecular complexity index is 711. The molecule has 126 valence electrons. The van der Waals surface area contributed by atoms with E-state index in [-0.39, 0.29) is 17.4 Å². The zero-order valence-corrected chi connectivity index (χ0v) is 15.0. The van der Waals surface area contributed by atoms with Gasteiger partial charge < -0.3 is 4.90 Å². The molecule has 1 saturated heterocycles. The van der Waals surface area contributed by atoms with Crippen LogP contribution in [0.3, 0.4) is 0 Å². The lowest BCUT2D eigenvalue weighted by molar-refractivity contribution is 0.0733. The van der Waals surface area contributed by atoms with Crippen molar-refractivity contribution in [1.82, 2.24) is 9.88 Å². The molecule has 0 radical (unpaired) electrons. The quantitative estimate of drug-likeness (QED) is 0.805. The van der Waals surface area contributed by atoms with Crippen molar-refractivity contribution in [2.24, 2.45) is 0 Å². The van der Waals surface area contributed by atoms with E-state index in [4.69, 9.17) is 0 Å². The number of aromatic nitrogens is 1. The summed E-state index contributed by atoms with van der Waals surface area (Å²) in [5, 5.41) is 0. The number of carbonyl (C=O) groups excluding carboxylic acids is 1. The van der Waals surface area contributed by atoms with E-state index in [1.165, 1.54) is 5.56 Å². The van der Waals surface area contributed by atoms with Crippen LogP contribution in [0.15, 0.2) is 42.6 Å². The molecule has 1 atom stereocenters. The van der Waals surface area contributed by atoms with Gasteiger partial charge in [-0.2, -0.15) is 0 Å². The summed E-state index contributed by atoms with van der Waals surface area (Å²) in [5.74, 6) is 0.111. The van der Waals surface area contributed by atoms with E-state index < -0.39 is 0 Å². The third-order valence-electron chi connectivity index (χ3n) is 4.79. The van der Waals surface area contributed by atoms with Crippen LogP contribution in [-0.2, 0) is 5.41 Å². The maximum Gasteiger partial charge on any atom is 0.254 e. The Hall–Kier alpha value is -2.16. The summed E-state index contributed by atoms with van der Waals surface area (Å²) in [6.45, 7) is 9.39. The smallest absolute Gasteiger partial charge is 0.254 e. The second-order valence-electron chi connectivity index (χ2n) is 7.74. The number of hydrogen-bond acceptors (Lipinski definition) is 2. The third-order valence-corrected chi connectivity index (χ3v) is 4.79. The molecule has 1 fully saturated rings. The number of benzene rings is 1. The third kappa shape index (κ3) is 3.35. The number of pyridine rings is 1. The number of likely N-dealkylation sites (tertiary alicyclic amines) is 1. The minimum Gasteiger partial charge on any atom is -0.330 e. The monoisotopic (exact) mass is 322 g/mol. The standard InChI is InChI=1S/C21H26N2O/c1-15-7-12-18(22-14-15)19-6-5-13-23(19)20(24)16-8-10-17(11-9-16)21(2,3)4/h7-12,14,19H,5-6,13H2,1-4H3. The van der Waals surface area contributed by atoms with Gasteiger partial charge in [-0.1, -0.05) is 39.0 Å². The van der Waals surface area contributed by atoms with Gasteiger partial charge in [-0.15, -0.1) is 0 Å². The molecule has 1 amide bonds. The van der Waals surface area contributed by atoms with Crippen LogP contribution in [0.4, 0.5) is 0 Å². The van der Waals surface area contributed by atoms with Gasteiger partial charge in [-0.3, -0.25) is 9.78 Å². The van der Waals surface area contributed by atoms with Gasteiger partial charge >= 0.3 is 0 Å². The van der Waals surface area contributed by atoms with Gasteiger partial charge in [0.25, 0.3) is 5.91 Å². The van der Waals surface area contributed by atoms with Gasteiger partial charge in [0.05, 0.1) is 11.7 Å². The number of rotatable bonds is 2. The molecule has 0 bridgehead atoms. The molecule has 2 heterocycles. The fourth-order valence-corrected chi connectivity index (χ4v) is 3.27. The summed E-state index contributed by atoms with van der Waals surface area (Å²) < 4.78 is 0.